The molecule has 4 aliphatic carbocycles. The highest BCUT2D eigenvalue weighted by atomic mass is 15.4. The number of hydrogen-bond acceptors (Lipinski definition) is 3. The van der Waals surface area contributed by atoms with Gasteiger partial charge in [-0.05, 0) is 73.5 Å². The Balaban J connectivity index is 1.70. The lowest BCUT2D eigenvalue weighted by Crippen LogP contribution is -2.41. The van der Waals surface area contributed by atoms with E-state index < -0.39 is 0 Å². The lowest BCUT2D eigenvalue weighted by atomic mass is 9.54. The molecule has 4 fully saturated rings. The molecule has 4 aliphatic rings. The highest BCUT2D eigenvalue weighted by Gasteiger charge is 2.46. The van der Waals surface area contributed by atoms with Gasteiger partial charge in [-0.1, -0.05) is 17.3 Å². The van der Waals surface area contributed by atoms with Gasteiger partial charge in [-0.3, -0.25) is 0 Å². The van der Waals surface area contributed by atoms with Crippen LogP contribution in [0.3, 0.4) is 0 Å². The highest BCUT2D eigenvalue weighted by Crippen LogP contribution is 2.57. The van der Waals surface area contributed by atoms with Crippen LogP contribution >= 0.6 is 0 Å². The van der Waals surface area contributed by atoms with E-state index in [0.29, 0.717) is 11.8 Å². The number of benzene rings is 1. The maximum atomic E-state index is 9.85. The first-order valence-electron chi connectivity index (χ1n) is 8.28. The number of rotatable bonds is 1. The summed E-state index contributed by atoms with van der Waals surface area (Å²) in [4.78, 5) is 0. The first kappa shape index (κ1) is 12.4. The maximum Gasteiger partial charge on any atom is 0.144 e. The van der Waals surface area contributed by atoms with Crippen molar-refractivity contribution in [3.63, 3.8) is 0 Å². The quantitative estimate of drug-likeness (QED) is 0.754. The smallest absolute Gasteiger partial charge is 0.144 e. The molecule has 0 aliphatic heterocycles. The first-order valence-corrected chi connectivity index (χ1v) is 8.28. The number of fused-ring (bicyclic) bond motifs is 1. The van der Waals surface area contributed by atoms with E-state index in [9.17, 15) is 5.26 Å². The van der Waals surface area contributed by atoms with Crippen LogP contribution in [0, 0.1) is 35.0 Å². The fourth-order valence-corrected chi connectivity index (χ4v) is 5.35. The number of nitriles is 1. The zero-order chi connectivity index (χ0) is 14.7. The van der Waals surface area contributed by atoms with Gasteiger partial charge in [0.25, 0.3) is 0 Å². The zero-order valence-electron chi connectivity index (χ0n) is 12.4. The fraction of sp³-hybridized carbons (Fsp3) is 0.500. The van der Waals surface area contributed by atoms with E-state index in [0.717, 1.165) is 28.6 Å². The molecule has 4 heteroatoms. The second kappa shape index (κ2) is 4.42. The van der Waals surface area contributed by atoms with Gasteiger partial charge in [-0.15, -0.1) is 5.10 Å². The molecule has 4 bridgehead atoms. The van der Waals surface area contributed by atoms with Crippen LogP contribution in [-0.4, -0.2) is 15.0 Å². The number of hydrogen-bond donors (Lipinski definition) is 0. The van der Waals surface area contributed by atoms with Crippen molar-refractivity contribution in [1.82, 2.24) is 15.0 Å². The van der Waals surface area contributed by atoms with E-state index in [2.05, 4.69) is 16.4 Å². The predicted molar refractivity (Wildman–Crippen MR) is 83.4 cm³/mol. The van der Waals surface area contributed by atoms with Crippen molar-refractivity contribution in [3.8, 4) is 6.07 Å². The Morgan fingerprint density at radius 1 is 1.05 bits per heavy atom. The molecule has 4 nitrogen and oxygen atoms in total. The molecule has 0 spiro atoms. The maximum absolute atomic E-state index is 9.85. The Bertz CT molecular complexity index is 793. The van der Waals surface area contributed by atoms with Crippen LogP contribution in [0.1, 0.15) is 32.1 Å². The molecule has 0 atom stereocenters. The fourth-order valence-electron chi connectivity index (χ4n) is 5.35. The third-order valence-electron chi connectivity index (χ3n) is 5.96. The van der Waals surface area contributed by atoms with Gasteiger partial charge < -0.3 is 0 Å². The second-order valence-electron chi connectivity index (χ2n) is 7.21. The van der Waals surface area contributed by atoms with Gasteiger partial charge in [0.2, 0.25) is 0 Å². The number of allylic oxidation sites excluding steroid dienone is 2. The van der Waals surface area contributed by atoms with E-state index in [1.165, 1.54) is 37.7 Å². The summed E-state index contributed by atoms with van der Waals surface area (Å²) in [6, 6.07) is 10.4. The number of nitrogens with zero attached hydrogens (tertiary/aromatic N) is 4. The van der Waals surface area contributed by atoms with Crippen LogP contribution in [0.5, 0.6) is 0 Å². The molecule has 2 aromatic rings. The van der Waals surface area contributed by atoms with Crippen LogP contribution < -0.4 is 0 Å². The molecule has 22 heavy (non-hydrogen) atoms. The lowest BCUT2D eigenvalue weighted by Gasteiger charge is -2.51. The third-order valence-corrected chi connectivity index (χ3v) is 5.96. The summed E-state index contributed by atoms with van der Waals surface area (Å²) in [5, 5.41) is 18.4. The molecule has 1 aromatic heterocycles. The molecule has 0 amide bonds. The van der Waals surface area contributed by atoms with Crippen molar-refractivity contribution < 1.29 is 0 Å². The molecule has 4 saturated carbocycles. The van der Waals surface area contributed by atoms with Crippen molar-refractivity contribution in [1.29, 1.82) is 5.26 Å². The average molecular weight is 290 g/mol. The zero-order valence-corrected chi connectivity index (χ0v) is 12.4. The predicted octanol–water partition coefficient (Wildman–Crippen LogP) is 3.62. The van der Waals surface area contributed by atoms with Crippen LogP contribution in [0.15, 0.2) is 29.8 Å². The molecular formula is C18H18N4. The molecule has 0 unspecified atom stereocenters. The molecule has 1 heterocycles. The van der Waals surface area contributed by atoms with E-state index in [1.54, 1.807) is 4.68 Å². The summed E-state index contributed by atoms with van der Waals surface area (Å²) in [6.07, 6.45) is 6.54. The minimum absolute atomic E-state index is 0.605. The summed E-state index contributed by atoms with van der Waals surface area (Å²) in [7, 11) is 0. The largest absolute Gasteiger partial charge is 0.202 e. The van der Waals surface area contributed by atoms with Crippen molar-refractivity contribution >= 4 is 16.7 Å². The standard InChI is InChI=1S/C18H18N4/c19-10-17(22-16-4-2-1-3-15(16)20-21-22)18-13-6-11-5-12(8-13)9-14(18)7-11/h1-4,11-14H,5-9H2. The molecule has 0 N–H and O–H groups in total. The van der Waals surface area contributed by atoms with Gasteiger partial charge in [-0.25, -0.2) is 4.68 Å². The van der Waals surface area contributed by atoms with Gasteiger partial charge in [-0.2, -0.15) is 5.26 Å². The molecule has 0 radical (unpaired) electrons. The Hall–Kier alpha value is -2.15. The van der Waals surface area contributed by atoms with Gasteiger partial charge in [0, 0.05) is 0 Å². The average Bonchev–Trinajstić information content (AvgIpc) is 2.94. The van der Waals surface area contributed by atoms with Crippen LogP contribution in [0.4, 0.5) is 0 Å². The van der Waals surface area contributed by atoms with Crippen molar-refractivity contribution in [3.05, 3.63) is 29.8 Å². The first-order chi connectivity index (χ1) is 10.8. The van der Waals surface area contributed by atoms with E-state index in [-0.39, 0.29) is 0 Å². The van der Waals surface area contributed by atoms with Crippen LogP contribution in [0.2, 0.25) is 0 Å². The monoisotopic (exact) mass is 290 g/mol. The van der Waals surface area contributed by atoms with Gasteiger partial charge in [0.05, 0.1) is 5.52 Å². The minimum Gasteiger partial charge on any atom is -0.202 e. The molecule has 1 aromatic carbocycles. The Labute approximate surface area is 129 Å². The van der Waals surface area contributed by atoms with Crippen molar-refractivity contribution in [2.24, 2.45) is 23.7 Å². The minimum atomic E-state index is 0.605. The summed E-state index contributed by atoms with van der Waals surface area (Å²) >= 11 is 0. The van der Waals surface area contributed by atoms with Crippen LogP contribution in [0.25, 0.3) is 16.7 Å². The van der Waals surface area contributed by atoms with Gasteiger partial charge >= 0.3 is 0 Å². The Kier molecular flexibility index (Phi) is 2.49. The van der Waals surface area contributed by atoms with Crippen molar-refractivity contribution in [2.75, 3.05) is 0 Å². The third kappa shape index (κ3) is 1.62. The van der Waals surface area contributed by atoms with Gasteiger partial charge in [0.15, 0.2) is 0 Å². The SMILES string of the molecule is N#CC(=C1C2CC3CC(C2)CC1C3)n1nnc2ccccc21. The number of aromatic nitrogens is 3. The number of para-hydroxylation sites is 1. The molecule has 0 saturated heterocycles. The van der Waals surface area contributed by atoms with E-state index >= 15 is 0 Å². The lowest BCUT2D eigenvalue weighted by molar-refractivity contribution is 0.0701. The summed E-state index contributed by atoms with van der Waals surface area (Å²) < 4.78 is 1.78. The van der Waals surface area contributed by atoms with Gasteiger partial charge in [0.1, 0.15) is 17.3 Å². The highest BCUT2D eigenvalue weighted by molar-refractivity contribution is 5.81. The summed E-state index contributed by atoms with van der Waals surface area (Å²) in [6.45, 7) is 0. The van der Waals surface area contributed by atoms with E-state index in [1.807, 2.05) is 24.3 Å². The second-order valence-corrected chi connectivity index (χ2v) is 7.21. The Morgan fingerprint density at radius 3 is 2.41 bits per heavy atom. The topological polar surface area (TPSA) is 54.5 Å². The Morgan fingerprint density at radius 2 is 1.73 bits per heavy atom. The van der Waals surface area contributed by atoms with Crippen LogP contribution in [-0.2, 0) is 0 Å². The molecular weight excluding hydrogens is 272 g/mol. The summed E-state index contributed by atoms with van der Waals surface area (Å²) in [5.41, 5.74) is 3.94. The molecule has 110 valence electrons. The van der Waals surface area contributed by atoms with E-state index in [4.69, 9.17) is 0 Å². The van der Waals surface area contributed by atoms with Crippen molar-refractivity contribution in [2.45, 2.75) is 32.1 Å². The summed E-state index contributed by atoms with van der Waals surface area (Å²) in [5.74, 6) is 3.01. The molecule has 6 rings (SSSR count). The normalized spacial score (nSPS) is 32.4.